The summed E-state index contributed by atoms with van der Waals surface area (Å²) in [5, 5.41) is 0. The van der Waals surface area contributed by atoms with Crippen molar-refractivity contribution in [1.29, 1.82) is 0 Å². The van der Waals surface area contributed by atoms with Gasteiger partial charge in [-0.3, -0.25) is 4.98 Å². The molecule has 66 valence electrons. The quantitative estimate of drug-likeness (QED) is 0.705. The molecule has 0 unspecified atom stereocenters. The fraction of sp³-hybridized carbons (Fsp3) is 0.500. The van der Waals surface area contributed by atoms with E-state index in [0.717, 1.165) is 18.1 Å². The van der Waals surface area contributed by atoms with Gasteiger partial charge in [0.2, 0.25) is 0 Å². The first kappa shape index (κ1) is 8.93. The van der Waals surface area contributed by atoms with Gasteiger partial charge in [-0.05, 0) is 6.92 Å². The van der Waals surface area contributed by atoms with Crippen LogP contribution in [0.2, 0.25) is 0 Å². The lowest BCUT2D eigenvalue weighted by molar-refractivity contribution is 0.878. The van der Waals surface area contributed by atoms with Crippen LogP contribution in [0.1, 0.15) is 12.6 Å². The van der Waals surface area contributed by atoms with Gasteiger partial charge in [0, 0.05) is 32.5 Å². The maximum absolute atomic E-state index is 5.51. The third kappa shape index (κ3) is 1.71. The van der Waals surface area contributed by atoms with Crippen molar-refractivity contribution in [1.82, 2.24) is 9.97 Å². The third-order valence-electron chi connectivity index (χ3n) is 1.78. The minimum absolute atomic E-state index is 0.438. The van der Waals surface area contributed by atoms with Crippen molar-refractivity contribution in [3.63, 3.8) is 0 Å². The summed E-state index contributed by atoms with van der Waals surface area (Å²) >= 11 is 0. The van der Waals surface area contributed by atoms with Crippen LogP contribution in [0, 0.1) is 0 Å². The molecule has 0 amide bonds. The molecule has 0 aromatic carbocycles. The highest BCUT2D eigenvalue weighted by molar-refractivity contribution is 5.41. The summed E-state index contributed by atoms with van der Waals surface area (Å²) in [6.45, 7) is 3.41. The zero-order valence-electron chi connectivity index (χ0n) is 7.49. The lowest BCUT2D eigenvalue weighted by atomic mass is 10.4. The molecule has 0 saturated carbocycles. The molecular formula is C8H14N4. The monoisotopic (exact) mass is 166 g/mol. The van der Waals surface area contributed by atoms with Crippen LogP contribution in [-0.2, 0) is 6.54 Å². The molecule has 4 heteroatoms. The van der Waals surface area contributed by atoms with E-state index in [1.54, 1.807) is 12.4 Å². The Kier molecular flexibility index (Phi) is 2.99. The minimum atomic E-state index is 0.438. The van der Waals surface area contributed by atoms with E-state index in [1.165, 1.54) is 0 Å². The van der Waals surface area contributed by atoms with Gasteiger partial charge in [-0.15, -0.1) is 0 Å². The van der Waals surface area contributed by atoms with Crippen LogP contribution >= 0.6 is 0 Å². The van der Waals surface area contributed by atoms with Crippen LogP contribution in [0.25, 0.3) is 0 Å². The first-order valence-electron chi connectivity index (χ1n) is 4.00. The molecule has 0 aliphatic heterocycles. The predicted octanol–water partition coefficient (Wildman–Crippen LogP) is 0.391. The van der Waals surface area contributed by atoms with Gasteiger partial charge in [-0.25, -0.2) is 4.98 Å². The summed E-state index contributed by atoms with van der Waals surface area (Å²) in [5.41, 5.74) is 6.36. The van der Waals surface area contributed by atoms with Gasteiger partial charge < -0.3 is 10.6 Å². The highest BCUT2D eigenvalue weighted by Crippen LogP contribution is 2.11. The fourth-order valence-corrected chi connectivity index (χ4v) is 0.972. The maximum atomic E-state index is 5.51. The Morgan fingerprint density at radius 1 is 1.42 bits per heavy atom. The standard InChI is InChI=1S/C8H14N4/c1-3-12(2)8-7(6-9)10-4-5-11-8/h4-5H,3,6,9H2,1-2H3. The minimum Gasteiger partial charge on any atom is -0.358 e. The highest BCUT2D eigenvalue weighted by Gasteiger charge is 2.05. The average Bonchev–Trinajstić information content (AvgIpc) is 2.16. The van der Waals surface area contributed by atoms with Crippen molar-refractivity contribution < 1.29 is 0 Å². The third-order valence-corrected chi connectivity index (χ3v) is 1.78. The maximum Gasteiger partial charge on any atom is 0.151 e. The number of hydrogen-bond acceptors (Lipinski definition) is 4. The number of rotatable bonds is 3. The van der Waals surface area contributed by atoms with Gasteiger partial charge in [0.15, 0.2) is 5.82 Å². The van der Waals surface area contributed by atoms with Crippen LogP contribution in [0.3, 0.4) is 0 Å². The van der Waals surface area contributed by atoms with Gasteiger partial charge >= 0.3 is 0 Å². The fourth-order valence-electron chi connectivity index (χ4n) is 0.972. The number of hydrogen-bond donors (Lipinski definition) is 1. The second-order valence-electron chi connectivity index (χ2n) is 2.54. The van der Waals surface area contributed by atoms with E-state index in [2.05, 4.69) is 16.9 Å². The molecule has 4 nitrogen and oxygen atoms in total. The normalized spacial score (nSPS) is 9.92. The Hall–Kier alpha value is -1.16. The largest absolute Gasteiger partial charge is 0.358 e. The van der Waals surface area contributed by atoms with Gasteiger partial charge in [0.25, 0.3) is 0 Å². The summed E-state index contributed by atoms with van der Waals surface area (Å²) in [6.07, 6.45) is 3.34. The summed E-state index contributed by atoms with van der Waals surface area (Å²) < 4.78 is 0. The summed E-state index contributed by atoms with van der Waals surface area (Å²) in [4.78, 5) is 10.4. The second-order valence-corrected chi connectivity index (χ2v) is 2.54. The number of nitrogens with two attached hydrogens (primary N) is 1. The molecule has 12 heavy (non-hydrogen) atoms. The number of aromatic nitrogens is 2. The van der Waals surface area contributed by atoms with Crippen molar-refractivity contribution in [2.75, 3.05) is 18.5 Å². The first-order valence-corrected chi connectivity index (χ1v) is 4.00. The molecule has 0 atom stereocenters. The molecule has 0 bridgehead atoms. The number of anilines is 1. The van der Waals surface area contributed by atoms with Crippen molar-refractivity contribution >= 4 is 5.82 Å². The van der Waals surface area contributed by atoms with E-state index in [4.69, 9.17) is 5.73 Å². The van der Waals surface area contributed by atoms with Crippen molar-refractivity contribution in [3.05, 3.63) is 18.1 Å². The second kappa shape index (κ2) is 4.01. The van der Waals surface area contributed by atoms with E-state index in [1.807, 2.05) is 11.9 Å². The Balaban J connectivity index is 2.96. The SMILES string of the molecule is CCN(C)c1nccnc1CN. The van der Waals surface area contributed by atoms with Crippen molar-refractivity contribution in [3.8, 4) is 0 Å². The summed E-state index contributed by atoms with van der Waals surface area (Å²) in [7, 11) is 1.98. The van der Waals surface area contributed by atoms with Crippen LogP contribution in [0.4, 0.5) is 5.82 Å². The zero-order chi connectivity index (χ0) is 8.97. The molecule has 0 aliphatic rings. The molecule has 0 saturated heterocycles. The first-order chi connectivity index (χ1) is 5.79. The molecule has 2 N–H and O–H groups in total. The van der Waals surface area contributed by atoms with E-state index in [-0.39, 0.29) is 0 Å². The van der Waals surface area contributed by atoms with Crippen LogP contribution in [-0.4, -0.2) is 23.6 Å². The van der Waals surface area contributed by atoms with Crippen LogP contribution in [0.15, 0.2) is 12.4 Å². The Morgan fingerprint density at radius 2 is 2.08 bits per heavy atom. The molecule has 1 aromatic heterocycles. The Labute approximate surface area is 72.4 Å². The van der Waals surface area contributed by atoms with E-state index in [9.17, 15) is 0 Å². The molecular weight excluding hydrogens is 152 g/mol. The van der Waals surface area contributed by atoms with Crippen molar-refractivity contribution in [2.45, 2.75) is 13.5 Å². The van der Waals surface area contributed by atoms with E-state index < -0.39 is 0 Å². The molecule has 0 radical (unpaired) electrons. The lowest BCUT2D eigenvalue weighted by Gasteiger charge is -2.17. The van der Waals surface area contributed by atoms with Gasteiger partial charge in [-0.1, -0.05) is 0 Å². The summed E-state index contributed by atoms with van der Waals surface area (Å²) in [6, 6.07) is 0. The van der Waals surface area contributed by atoms with Gasteiger partial charge in [0.05, 0.1) is 5.69 Å². The van der Waals surface area contributed by atoms with Crippen LogP contribution in [0.5, 0.6) is 0 Å². The summed E-state index contributed by atoms with van der Waals surface area (Å²) in [5.74, 6) is 0.877. The molecule has 1 aromatic rings. The van der Waals surface area contributed by atoms with E-state index >= 15 is 0 Å². The average molecular weight is 166 g/mol. The topological polar surface area (TPSA) is 55.0 Å². The molecule has 1 rings (SSSR count). The number of nitrogens with zero attached hydrogens (tertiary/aromatic N) is 3. The Morgan fingerprint density at radius 3 is 2.67 bits per heavy atom. The highest BCUT2D eigenvalue weighted by atomic mass is 15.2. The Bertz CT molecular complexity index is 249. The molecule has 0 spiro atoms. The van der Waals surface area contributed by atoms with Crippen LogP contribution < -0.4 is 10.6 Å². The van der Waals surface area contributed by atoms with Crippen molar-refractivity contribution in [2.24, 2.45) is 5.73 Å². The van der Waals surface area contributed by atoms with Gasteiger partial charge in [-0.2, -0.15) is 0 Å². The zero-order valence-corrected chi connectivity index (χ0v) is 7.49. The molecule has 0 fully saturated rings. The molecule has 1 heterocycles. The molecule has 0 aliphatic carbocycles. The van der Waals surface area contributed by atoms with Gasteiger partial charge in [0.1, 0.15) is 0 Å². The smallest absolute Gasteiger partial charge is 0.151 e. The lowest BCUT2D eigenvalue weighted by Crippen LogP contribution is -2.20. The van der Waals surface area contributed by atoms with E-state index in [0.29, 0.717) is 6.54 Å². The predicted molar refractivity (Wildman–Crippen MR) is 48.9 cm³/mol.